The fourth-order valence-corrected chi connectivity index (χ4v) is 1.69. The van der Waals surface area contributed by atoms with Crippen LogP contribution in [0.1, 0.15) is 18.1 Å². The molecule has 0 saturated heterocycles. The summed E-state index contributed by atoms with van der Waals surface area (Å²) in [5.41, 5.74) is 3.25. The minimum absolute atomic E-state index is 0.0718. The molecule has 0 saturated carbocycles. The van der Waals surface area contributed by atoms with Gasteiger partial charge in [0.15, 0.2) is 0 Å². The average molecular weight is 238 g/mol. The third-order valence-corrected chi connectivity index (χ3v) is 2.57. The van der Waals surface area contributed by atoms with Gasteiger partial charge in [0, 0.05) is 12.1 Å². The van der Waals surface area contributed by atoms with E-state index in [9.17, 15) is 4.79 Å². The molecule has 2 aromatic rings. The van der Waals surface area contributed by atoms with Gasteiger partial charge >= 0.3 is 5.91 Å². The molecular weight excluding hydrogens is 222 g/mol. The zero-order valence-electron chi connectivity index (χ0n) is 10.3. The Bertz CT molecular complexity index is 541. The SMILES string of the molecule is CC(=O)[NH2+]c1ccc(/C=C/c2ccccc2)cc1. The highest BCUT2D eigenvalue weighted by Gasteiger charge is 1.99. The molecule has 2 rings (SSSR count). The average Bonchev–Trinajstić information content (AvgIpc) is 2.38. The van der Waals surface area contributed by atoms with Crippen molar-refractivity contribution in [3.63, 3.8) is 0 Å². The van der Waals surface area contributed by atoms with Crippen molar-refractivity contribution >= 4 is 23.7 Å². The summed E-state index contributed by atoms with van der Waals surface area (Å²) >= 11 is 0. The first-order valence-corrected chi connectivity index (χ1v) is 5.92. The van der Waals surface area contributed by atoms with Crippen LogP contribution in [0.15, 0.2) is 54.6 Å². The van der Waals surface area contributed by atoms with Gasteiger partial charge in [0.2, 0.25) is 0 Å². The van der Waals surface area contributed by atoms with E-state index in [0.717, 1.165) is 11.3 Å². The molecule has 90 valence electrons. The topological polar surface area (TPSA) is 33.7 Å². The number of hydrogen-bond acceptors (Lipinski definition) is 1. The van der Waals surface area contributed by atoms with Gasteiger partial charge in [-0.05, 0) is 23.3 Å². The Kier molecular flexibility index (Phi) is 4.05. The molecule has 0 unspecified atom stereocenters. The highest BCUT2D eigenvalue weighted by molar-refractivity contribution is 5.70. The number of hydrogen-bond donors (Lipinski definition) is 1. The van der Waals surface area contributed by atoms with Gasteiger partial charge < -0.3 is 0 Å². The molecule has 0 atom stereocenters. The summed E-state index contributed by atoms with van der Waals surface area (Å²) in [6.45, 7) is 1.56. The number of carbonyl (C=O) groups excluding carboxylic acids is 1. The van der Waals surface area contributed by atoms with Crippen molar-refractivity contribution in [2.45, 2.75) is 6.92 Å². The lowest BCUT2D eigenvalue weighted by Gasteiger charge is -1.97. The molecule has 18 heavy (non-hydrogen) atoms. The van der Waals surface area contributed by atoms with Crippen molar-refractivity contribution in [1.29, 1.82) is 0 Å². The van der Waals surface area contributed by atoms with Gasteiger partial charge in [-0.1, -0.05) is 42.5 Å². The third-order valence-electron chi connectivity index (χ3n) is 2.57. The molecule has 2 nitrogen and oxygen atoms in total. The van der Waals surface area contributed by atoms with Crippen molar-refractivity contribution < 1.29 is 10.1 Å². The van der Waals surface area contributed by atoms with Crippen LogP contribution >= 0.6 is 0 Å². The standard InChI is InChI=1S/C16H15NO/c1-13(18)17-16-11-9-15(10-12-16)8-7-14-5-3-2-4-6-14/h2-12H,1H3,(H,17,18)/p+1/b8-7+. The van der Waals surface area contributed by atoms with Crippen LogP contribution in [-0.4, -0.2) is 5.91 Å². The first-order chi connectivity index (χ1) is 8.74. The molecule has 0 aliphatic rings. The second-order valence-electron chi connectivity index (χ2n) is 4.17. The Morgan fingerprint density at radius 3 is 2.00 bits per heavy atom. The predicted octanol–water partition coefficient (Wildman–Crippen LogP) is 2.60. The first-order valence-electron chi connectivity index (χ1n) is 5.92. The highest BCUT2D eigenvalue weighted by Crippen LogP contribution is 2.09. The van der Waals surface area contributed by atoms with Crippen LogP contribution in [0.5, 0.6) is 0 Å². The lowest BCUT2D eigenvalue weighted by atomic mass is 10.1. The second kappa shape index (κ2) is 5.94. The van der Waals surface area contributed by atoms with Gasteiger partial charge in [0.1, 0.15) is 5.69 Å². The van der Waals surface area contributed by atoms with Crippen molar-refractivity contribution in [2.24, 2.45) is 0 Å². The first kappa shape index (κ1) is 12.3. The van der Waals surface area contributed by atoms with Gasteiger partial charge in [-0.2, -0.15) is 0 Å². The Hall–Kier alpha value is -2.19. The normalized spacial score (nSPS) is 10.7. The molecule has 2 heteroatoms. The number of rotatable bonds is 3. The zero-order chi connectivity index (χ0) is 12.8. The van der Waals surface area contributed by atoms with E-state index in [1.165, 1.54) is 5.56 Å². The van der Waals surface area contributed by atoms with E-state index in [1.807, 2.05) is 42.5 Å². The maximum Gasteiger partial charge on any atom is 0.312 e. The summed E-state index contributed by atoms with van der Waals surface area (Å²) in [4.78, 5) is 10.9. The van der Waals surface area contributed by atoms with Crippen LogP contribution in [0.25, 0.3) is 12.2 Å². The molecule has 0 bridgehead atoms. The van der Waals surface area contributed by atoms with Gasteiger partial charge in [-0.3, -0.25) is 5.32 Å². The van der Waals surface area contributed by atoms with Crippen molar-refractivity contribution in [2.75, 3.05) is 0 Å². The Balaban J connectivity index is 2.06. The molecular formula is C16H16NO+. The summed E-state index contributed by atoms with van der Waals surface area (Å²) in [6.07, 6.45) is 4.14. The number of benzene rings is 2. The highest BCUT2D eigenvalue weighted by atomic mass is 16.1. The molecule has 0 fully saturated rings. The molecule has 2 N–H and O–H groups in total. The van der Waals surface area contributed by atoms with Gasteiger partial charge in [-0.25, -0.2) is 4.79 Å². The van der Waals surface area contributed by atoms with Crippen molar-refractivity contribution in [3.05, 3.63) is 65.7 Å². The summed E-state index contributed by atoms with van der Waals surface area (Å²) < 4.78 is 0. The van der Waals surface area contributed by atoms with E-state index in [2.05, 4.69) is 24.3 Å². The Labute approximate surface area is 107 Å². The molecule has 0 aliphatic carbocycles. The van der Waals surface area contributed by atoms with E-state index in [4.69, 9.17) is 0 Å². The maximum absolute atomic E-state index is 10.9. The second-order valence-corrected chi connectivity index (χ2v) is 4.17. The fraction of sp³-hybridized carbons (Fsp3) is 0.0625. The Morgan fingerprint density at radius 2 is 1.44 bits per heavy atom. The summed E-state index contributed by atoms with van der Waals surface area (Å²) in [6, 6.07) is 18.1. The minimum Gasteiger partial charge on any atom is -0.251 e. The van der Waals surface area contributed by atoms with E-state index < -0.39 is 0 Å². The van der Waals surface area contributed by atoms with E-state index in [-0.39, 0.29) is 5.91 Å². The number of nitrogens with two attached hydrogens (primary N) is 1. The van der Waals surface area contributed by atoms with E-state index in [0.29, 0.717) is 0 Å². The van der Waals surface area contributed by atoms with Crippen molar-refractivity contribution in [1.82, 2.24) is 0 Å². The van der Waals surface area contributed by atoms with Crippen LogP contribution in [0.4, 0.5) is 5.69 Å². The Morgan fingerprint density at radius 1 is 0.889 bits per heavy atom. The smallest absolute Gasteiger partial charge is 0.251 e. The maximum atomic E-state index is 10.9. The van der Waals surface area contributed by atoms with Gasteiger partial charge in [0.05, 0.1) is 6.92 Å². The third kappa shape index (κ3) is 3.68. The molecule has 0 spiro atoms. The van der Waals surface area contributed by atoms with Gasteiger partial charge in [0.25, 0.3) is 0 Å². The zero-order valence-corrected chi connectivity index (χ0v) is 10.3. The number of quaternary nitrogens is 1. The number of amides is 1. The van der Waals surface area contributed by atoms with Crippen LogP contribution in [-0.2, 0) is 4.79 Å². The monoisotopic (exact) mass is 238 g/mol. The molecule has 0 radical (unpaired) electrons. The summed E-state index contributed by atoms with van der Waals surface area (Å²) in [7, 11) is 0. The molecule has 1 amide bonds. The number of carbonyl (C=O) groups is 1. The molecule has 0 heterocycles. The van der Waals surface area contributed by atoms with E-state index >= 15 is 0 Å². The lowest BCUT2D eigenvalue weighted by molar-refractivity contribution is -0.481. The van der Waals surface area contributed by atoms with Crippen LogP contribution in [0.3, 0.4) is 0 Å². The van der Waals surface area contributed by atoms with Crippen LogP contribution in [0.2, 0.25) is 0 Å². The summed E-state index contributed by atoms with van der Waals surface area (Å²) in [5.74, 6) is 0.0718. The van der Waals surface area contributed by atoms with Crippen LogP contribution < -0.4 is 5.32 Å². The predicted molar refractivity (Wildman–Crippen MR) is 74.1 cm³/mol. The van der Waals surface area contributed by atoms with Gasteiger partial charge in [-0.15, -0.1) is 0 Å². The minimum atomic E-state index is 0.0718. The lowest BCUT2D eigenvalue weighted by Crippen LogP contribution is -2.81. The molecule has 0 aliphatic heterocycles. The summed E-state index contributed by atoms with van der Waals surface area (Å²) in [5, 5.41) is 1.63. The molecule has 2 aromatic carbocycles. The van der Waals surface area contributed by atoms with Crippen LogP contribution in [0, 0.1) is 0 Å². The largest absolute Gasteiger partial charge is 0.312 e. The number of primary amides is 1. The van der Waals surface area contributed by atoms with Crippen molar-refractivity contribution in [3.8, 4) is 0 Å². The quantitative estimate of drug-likeness (QED) is 0.647. The van der Waals surface area contributed by atoms with E-state index in [1.54, 1.807) is 12.2 Å². The molecule has 0 aromatic heterocycles. The fourth-order valence-electron chi connectivity index (χ4n) is 1.69.